The highest BCUT2D eigenvalue weighted by molar-refractivity contribution is 6.07. The van der Waals surface area contributed by atoms with E-state index in [1.54, 1.807) is 25.1 Å². The summed E-state index contributed by atoms with van der Waals surface area (Å²) in [5, 5.41) is 2.67. The van der Waals surface area contributed by atoms with Gasteiger partial charge in [0.2, 0.25) is 0 Å². The number of benzene rings is 2. The lowest BCUT2D eigenvalue weighted by molar-refractivity contribution is -0.131. The summed E-state index contributed by atoms with van der Waals surface area (Å²) in [6, 6.07) is 10.1. The largest absolute Gasteiger partial charge is 0.497 e. The van der Waals surface area contributed by atoms with Gasteiger partial charge in [-0.05, 0) is 42.8 Å². The van der Waals surface area contributed by atoms with Crippen molar-refractivity contribution in [2.75, 3.05) is 14.2 Å². The summed E-state index contributed by atoms with van der Waals surface area (Å²) in [5.74, 6) is 0.552. The number of hydrogen-bond donors (Lipinski definition) is 1. The van der Waals surface area contributed by atoms with Gasteiger partial charge in [-0.25, -0.2) is 4.79 Å². The van der Waals surface area contributed by atoms with E-state index in [0.29, 0.717) is 22.6 Å². The minimum Gasteiger partial charge on any atom is -0.497 e. The molecule has 1 heterocycles. The van der Waals surface area contributed by atoms with Crippen LogP contribution in [0, 0.1) is 0 Å². The molecule has 1 atom stereocenters. The van der Waals surface area contributed by atoms with Crippen LogP contribution in [0.4, 0.5) is 13.6 Å². The SMILES string of the molecule is COc1ccc(OC)c(CN2C(=O)N[C@](C)(c3ccc(OC(F)F)cc3)C2=O)c1. The van der Waals surface area contributed by atoms with E-state index in [1.807, 2.05) is 0 Å². The fraction of sp³-hybridized carbons (Fsp3) is 0.300. The van der Waals surface area contributed by atoms with Crippen molar-refractivity contribution in [3.8, 4) is 17.2 Å². The Morgan fingerprint density at radius 1 is 1.03 bits per heavy atom. The van der Waals surface area contributed by atoms with E-state index in [4.69, 9.17) is 9.47 Å². The molecular weight excluding hydrogens is 386 g/mol. The Labute approximate surface area is 166 Å². The van der Waals surface area contributed by atoms with Gasteiger partial charge in [0.1, 0.15) is 22.8 Å². The maximum atomic E-state index is 13.1. The summed E-state index contributed by atoms with van der Waals surface area (Å²) in [4.78, 5) is 26.7. The first kappa shape index (κ1) is 20.4. The van der Waals surface area contributed by atoms with E-state index < -0.39 is 24.1 Å². The molecule has 0 aliphatic carbocycles. The van der Waals surface area contributed by atoms with Crippen LogP contribution < -0.4 is 19.5 Å². The first-order valence-electron chi connectivity index (χ1n) is 8.69. The third-order valence-electron chi connectivity index (χ3n) is 4.75. The van der Waals surface area contributed by atoms with Crippen molar-refractivity contribution >= 4 is 11.9 Å². The van der Waals surface area contributed by atoms with Gasteiger partial charge in [-0.15, -0.1) is 0 Å². The lowest BCUT2D eigenvalue weighted by atomic mass is 9.92. The van der Waals surface area contributed by atoms with E-state index in [1.165, 1.54) is 38.5 Å². The second-order valence-electron chi connectivity index (χ2n) is 6.53. The highest BCUT2D eigenvalue weighted by Crippen LogP contribution is 2.33. The van der Waals surface area contributed by atoms with Crippen LogP contribution in [-0.4, -0.2) is 37.7 Å². The van der Waals surface area contributed by atoms with Gasteiger partial charge >= 0.3 is 12.6 Å². The number of nitrogens with zero attached hydrogens (tertiary/aromatic N) is 1. The Balaban J connectivity index is 1.86. The molecule has 1 saturated heterocycles. The summed E-state index contributed by atoms with van der Waals surface area (Å²) in [5.41, 5.74) is -0.301. The number of hydrogen-bond acceptors (Lipinski definition) is 5. The summed E-state index contributed by atoms with van der Waals surface area (Å²) >= 11 is 0. The summed E-state index contributed by atoms with van der Waals surface area (Å²) in [6.07, 6.45) is 0. The van der Waals surface area contributed by atoms with Gasteiger partial charge in [-0.2, -0.15) is 8.78 Å². The van der Waals surface area contributed by atoms with Crippen LogP contribution in [0.15, 0.2) is 42.5 Å². The fourth-order valence-corrected chi connectivity index (χ4v) is 3.18. The van der Waals surface area contributed by atoms with Gasteiger partial charge in [0.05, 0.1) is 20.8 Å². The van der Waals surface area contributed by atoms with Crippen molar-refractivity contribution < 1.29 is 32.6 Å². The molecule has 0 bridgehead atoms. The molecule has 2 aromatic rings. The predicted octanol–water partition coefficient (Wildman–Crippen LogP) is 3.27. The minimum atomic E-state index is -2.95. The van der Waals surface area contributed by atoms with Crippen molar-refractivity contribution in [2.24, 2.45) is 0 Å². The monoisotopic (exact) mass is 406 g/mol. The van der Waals surface area contributed by atoms with Gasteiger partial charge in [0.25, 0.3) is 5.91 Å². The molecule has 1 N–H and O–H groups in total. The van der Waals surface area contributed by atoms with Gasteiger partial charge in [-0.3, -0.25) is 9.69 Å². The zero-order chi connectivity index (χ0) is 21.2. The Morgan fingerprint density at radius 3 is 2.28 bits per heavy atom. The molecular formula is C20H20F2N2O5. The molecule has 1 aliphatic heterocycles. The first-order valence-corrected chi connectivity index (χ1v) is 8.69. The van der Waals surface area contributed by atoms with Gasteiger partial charge in [-0.1, -0.05) is 12.1 Å². The lowest BCUT2D eigenvalue weighted by Crippen LogP contribution is -2.40. The smallest absolute Gasteiger partial charge is 0.387 e. The third kappa shape index (κ3) is 3.94. The van der Waals surface area contributed by atoms with Crippen LogP contribution in [0.2, 0.25) is 0 Å². The first-order chi connectivity index (χ1) is 13.8. The van der Waals surface area contributed by atoms with Gasteiger partial charge in [0, 0.05) is 5.56 Å². The molecule has 0 spiro atoms. The average Bonchev–Trinajstić information content (AvgIpc) is 2.92. The number of nitrogens with one attached hydrogen (secondary N) is 1. The summed E-state index contributed by atoms with van der Waals surface area (Å²) in [7, 11) is 3.00. The third-order valence-corrected chi connectivity index (χ3v) is 4.75. The molecule has 0 aromatic heterocycles. The lowest BCUT2D eigenvalue weighted by Gasteiger charge is -2.23. The number of methoxy groups -OCH3 is 2. The Kier molecular flexibility index (Phi) is 5.58. The number of carbonyl (C=O) groups excluding carboxylic acids is 2. The van der Waals surface area contributed by atoms with Crippen LogP contribution >= 0.6 is 0 Å². The van der Waals surface area contributed by atoms with Crippen LogP contribution in [0.5, 0.6) is 17.2 Å². The Morgan fingerprint density at radius 2 is 1.69 bits per heavy atom. The molecule has 1 aliphatic rings. The quantitative estimate of drug-likeness (QED) is 0.715. The number of imide groups is 1. The number of urea groups is 1. The zero-order valence-electron chi connectivity index (χ0n) is 16.1. The molecule has 0 radical (unpaired) electrons. The second kappa shape index (κ2) is 7.94. The van der Waals surface area contributed by atoms with E-state index in [-0.39, 0.29) is 12.3 Å². The molecule has 2 aromatic carbocycles. The molecule has 9 heteroatoms. The predicted molar refractivity (Wildman–Crippen MR) is 99.1 cm³/mol. The van der Waals surface area contributed by atoms with E-state index in [0.717, 1.165) is 4.90 Å². The van der Waals surface area contributed by atoms with Crippen molar-refractivity contribution in [2.45, 2.75) is 25.6 Å². The van der Waals surface area contributed by atoms with Crippen LogP contribution in [0.25, 0.3) is 0 Å². The Hall–Kier alpha value is -3.36. The molecule has 29 heavy (non-hydrogen) atoms. The van der Waals surface area contributed by atoms with E-state index in [2.05, 4.69) is 10.1 Å². The van der Waals surface area contributed by atoms with E-state index in [9.17, 15) is 18.4 Å². The zero-order valence-corrected chi connectivity index (χ0v) is 16.1. The second-order valence-corrected chi connectivity index (χ2v) is 6.53. The molecule has 7 nitrogen and oxygen atoms in total. The van der Waals surface area contributed by atoms with Crippen LogP contribution in [-0.2, 0) is 16.9 Å². The number of halogens is 2. The topological polar surface area (TPSA) is 77.1 Å². The Bertz CT molecular complexity index is 920. The number of amides is 3. The molecule has 0 unspecified atom stereocenters. The van der Waals surface area contributed by atoms with Crippen molar-refractivity contribution in [3.63, 3.8) is 0 Å². The molecule has 0 saturated carbocycles. The number of alkyl halides is 2. The summed E-state index contributed by atoms with van der Waals surface area (Å²) < 4.78 is 39.5. The standard InChI is InChI=1S/C20H20F2N2O5/c1-20(13-4-6-14(7-5-13)29-18(21)22)17(25)24(19(26)23-20)11-12-10-15(27-2)8-9-16(12)28-3/h4-10,18H,11H2,1-3H3,(H,23,26)/t20-/m1/s1. The minimum absolute atomic E-state index is 0.0206. The molecule has 154 valence electrons. The molecule has 3 amide bonds. The normalized spacial score (nSPS) is 18.8. The fourth-order valence-electron chi connectivity index (χ4n) is 3.18. The maximum Gasteiger partial charge on any atom is 0.387 e. The summed E-state index contributed by atoms with van der Waals surface area (Å²) in [6.45, 7) is -1.41. The number of carbonyl (C=O) groups is 2. The maximum absolute atomic E-state index is 13.1. The molecule has 3 rings (SSSR count). The van der Waals surface area contributed by atoms with Crippen molar-refractivity contribution in [1.82, 2.24) is 10.2 Å². The number of ether oxygens (including phenoxy) is 3. The average molecular weight is 406 g/mol. The number of rotatable bonds is 7. The van der Waals surface area contributed by atoms with Crippen molar-refractivity contribution in [1.29, 1.82) is 0 Å². The highest BCUT2D eigenvalue weighted by Gasteiger charge is 2.49. The molecule has 1 fully saturated rings. The van der Waals surface area contributed by atoms with Crippen molar-refractivity contribution in [3.05, 3.63) is 53.6 Å². The van der Waals surface area contributed by atoms with Crippen LogP contribution in [0.3, 0.4) is 0 Å². The van der Waals surface area contributed by atoms with E-state index >= 15 is 0 Å². The van der Waals surface area contributed by atoms with Gasteiger partial charge in [0.15, 0.2) is 0 Å². The highest BCUT2D eigenvalue weighted by atomic mass is 19.3. The van der Waals surface area contributed by atoms with Gasteiger partial charge < -0.3 is 19.5 Å². The van der Waals surface area contributed by atoms with Crippen LogP contribution in [0.1, 0.15) is 18.1 Å².